The van der Waals surface area contributed by atoms with Crippen LogP contribution in [0.4, 0.5) is 5.69 Å². The molecule has 76 valence electrons. The summed E-state index contributed by atoms with van der Waals surface area (Å²) in [6, 6.07) is 7.88. The molecule has 0 fully saturated rings. The molecular weight excluding hydrogens is 186 g/mol. The fraction of sp³-hybridized carbons (Fsp3) is 0.167. The minimum absolute atomic E-state index is 0.810. The van der Waals surface area contributed by atoms with Gasteiger partial charge in [-0.3, -0.25) is 0 Å². The number of hydrogen-bond acceptors (Lipinski definition) is 3. The normalized spacial score (nSPS) is 10.3. The van der Waals surface area contributed by atoms with E-state index in [1.807, 2.05) is 38.1 Å². The zero-order chi connectivity index (χ0) is 10.8. The van der Waals surface area contributed by atoms with Gasteiger partial charge in [0.1, 0.15) is 6.33 Å². The molecule has 0 bridgehead atoms. The van der Waals surface area contributed by atoms with Crippen molar-refractivity contribution in [2.75, 3.05) is 5.73 Å². The number of nitrogens with two attached hydrogens (primary N) is 1. The summed E-state index contributed by atoms with van der Waals surface area (Å²) >= 11 is 0. The maximum atomic E-state index is 5.76. The van der Waals surface area contributed by atoms with Crippen LogP contribution in [0.3, 0.4) is 0 Å². The molecule has 0 aliphatic rings. The molecule has 1 aromatic heterocycles. The van der Waals surface area contributed by atoms with Crippen LogP contribution >= 0.6 is 0 Å². The lowest BCUT2D eigenvalue weighted by molar-refractivity contribution is 1.11. The minimum atomic E-state index is 0.810. The van der Waals surface area contributed by atoms with Gasteiger partial charge in [0.05, 0.1) is 5.69 Å². The van der Waals surface area contributed by atoms with E-state index >= 15 is 0 Å². The number of rotatable bonds is 1. The van der Waals surface area contributed by atoms with Gasteiger partial charge >= 0.3 is 0 Å². The summed E-state index contributed by atoms with van der Waals surface area (Å²) in [6.45, 7) is 3.95. The van der Waals surface area contributed by atoms with Crippen LogP contribution in [0.15, 0.2) is 30.6 Å². The van der Waals surface area contributed by atoms with E-state index in [4.69, 9.17) is 5.73 Å². The van der Waals surface area contributed by atoms with Gasteiger partial charge in [0.25, 0.3) is 0 Å². The Kier molecular flexibility index (Phi) is 2.37. The lowest BCUT2D eigenvalue weighted by atomic mass is 10.1. The number of benzene rings is 1. The Bertz CT molecular complexity index is 492. The molecule has 0 radical (unpaired) electrons. The number of nitrogen functional groups attached to an aromatic ring is 1. The molecular formula is C12H13N3. The lowest BCUT2D eigenvalue weighted by Gasteiger charge is -2.04. The van der Waals surface area contributed by atoms with Crippen molar-refractivity contribution in [3.8, 4) is 11.3 Å². The summed E-state index contributed by atoms with van der Waals surface area (Å²) < 4.78 is 0. The predicted octanol–water partition coefficient (Wildman–Crippen LogP) is 2.34. The topological polar surface area (TPSA) is 51.8 Å². The average Bonchev–Trinajstić information content (AvgIpc) is 2.22. The van der Waals surface area contributed by atoms with Crippen molar-refractivity contribution >= 4 is 5.69 Å². The van der Waals surface area contributed by atoms with Gasteiger partial charge in [0, 0.05) is 16.9 Å². The van der Waals surface area contributed by atoms with Crippen molar-refractivity contribution in [3.63, 3.8) is 0 Å². The number of hydrogen-bond donors (Lipinski definition) is 1. The second-order valence-electron chi connectivity index (χ2n) is 3.62. The fourth-order valence-corrected chi connectivity index (χ4v) is 1.45. The van der Waals surface area contributed by atoms with E-state index in [0.29, 0.717) is 0 Å². The first-order valence-electron chi connectivity index (χ1n) is 4.82. The smallest absolute Gasteiger partial charge is 0.116 e. The summed E-state index contributed by atoms with van der Waals surface area (Å²) in [5.74, 6) is 0. The Labute approximate surface area is 89.0 Å². The molecule has 3 heteroatoms. The highest BCUT2D eigenvalue weighted by atomic mass is 14.8. The largest absolute Gasteiger partial charge is 0.399 e. The lowest BCUT2D eigenvalue weighted by Crippen LogP contribution is -1.92. The maximum absolute atomic E-state index is 5.76. The molecule has 15 heavy (non-hydrogen) atoms. The molecule has 0 saturated carbocycles. The highest BCUT2D eigenvalue weighted by Crippen LogP contribution is 2.21. The molecule has 0 amide bonds. The molecule has 0 unspecified atom stereocenters. The average molecular weight is 199 g/mol. The molecule has 3 nitrogen and oxygen atoms in total. The standard InChI is InChI=1S/C12H13N3/c1-8-5-10(3-4-11(8)13)12-6-9(2)14-7-15-12/h3-7H,13H2,1-2H3. The van der Waals surface area contributed by atoms with E-state index in [0.717, 1.165) is 28.2 Å². The molecule has 2 aromatic rings. The Morgan fingerprint density at radius 2 is 1.87 bits per heavy atom. The van der Waals surface area contributed by atoms with Crippen LogP contribution in [0, 0.1) is 13.8 Å². The Morgan fingerprint density at radius 1 is 1.07 bits per heavy atom. The van der Waals surface area contributed by atoms with E-state index in [9.17, 15) is 0 Å². The third-order valence-electron chi connectivity index (χ3n) is 2.37. The van der Waals surface area contributed by atoms with Crippen molar-refractivity contribution in [2.45, 2.75) is 13.8 Å². The zero-order valence-electron chi connectivity index (χ0n) is 8.86. The van der Waals surface area contributed by atoms with E-state index in [-0.39, 0.29) is 0 Å². The summed E-state index contributed by atoms with van der Waals surface area (Å²) in [5, 5.41) is 0. The van der Waals surface area contributed by atoms with Gasteiger partial charge in [-0.15, -0.1) is 0 Å². The molecule has 0 aliphatic heterocycles. The van der Waals surface area contributed by atoms with Crippen LogP contribution in [0.1, 0.15) is 11.3 Å². The number of aryl methyl sites for hydroxylation is 2. The van der Waals surface area contributed by atoms with Crippen LogP contribution in [0.25, 0.3) is 11.3 Å². The van der Waals surface area contributed by atoms with Crippen molar-refractivity contribution < 1.29 is 0 Å². The zero-order valence-corrected chi connectivity index (χ0v) is 8.86. The van der Waals surface area contributed by atoms with Gasteiger partial charge < -0.3 is 5.73 Å². The van der Waals surface area contributed by atoms with Crippen LogP contribution in [0.2, 0.25) is 0 Å². The van der Waals surface area contributed by atoms with Gasteiger partial charge in [0.2, 0.25) is 0 Å². The number of nitrogens with zero attached hydrogens (tertiary/aromatic N) is 2. The van der Waals surface area contributed by atoms with Crippen molar-refractivity contribution in [1.82, 2.24) is 9.97 Å². The molecule has 0 atom stereocenters. The Hall–Kier alpha value is -1.90. The van der Waals surface area contributed by atoms with Crippen molar-refractivity contribution in [1.29, 1.82) is 0 Å². The molecule has 1 heterocycles. The van der Waals surface area contributed by atoms with Crippen LogP contribution in [-0.2, 0) is 0 Å². The van der Waals surface area contributed by atoms with Crippen LogP contribution in [0.5, 0.6) is 0 Å². The first kappa shape index (κ1) is 9.65. The molecule has 0 aliphatic carbocycles. The third kappa shape index (κ3) is 1.96. The van der Waals surface area contributed by atoms with Crippen molar-refractivity contribution in [3.05, 3.63) is 41.9 Å². The van der Waals surface area contributed by atoms with E-state index < -0.39 is 0 Å². The van der Waals surface area contributed by atoms with Crippen LogP contribution < -0.4 is 5.73 Å². The minimum Gasteiger partial charge on any atom is -0.399 e. The summed E-state index contributed by atoms with van der Waals surface area (Å²) in [6.07, 6.45) is 1.58. The summed E-state index contributed by atoms with van der Waals surface area (Å²) in [7, 11) is 0. The van der Waals surface area contributed by atoms with E-state index in [1.54, 1.807) is 6.33 Å². The van der Waals surface area contributed by atoms with Gasteiger partial charge in [-0.05, 0) is 37.6 Å². The molecule has 2 N–H and O–H groups in total. The quantitative estimate of drug-likeness (QED) is 0.717. The van der Waals surface area contributed by atoms with Gasteiger partial charge in [-0.1, -0.05) is 6.07 Å². The number of aromatic nitrogens is 2. The van der Waals surface area contributed by atoms with E-state index in [1.165, 1.54) is 0 Å². The Balaban J connectivity index is 2.50. The molecule has 2 rings (SSSR count). The predicted molar refractivity (Wildman–Crippen MR) is 61.4 cm³/mol. The Morgan fingerprint density at radius 3 is 2.53 bits per heavy atom. The number of anilines is 1. The van der Waals surface area contributed by atoms with Gasteiger partial charge in [-0.2, -0.15) is 0 Å². The second-order valence-corrected chi connectivity index (χ2v) is 3.62. The second kappa shape index (κ2) is 3.69. The van der Waals surface area contributed by atoms with E-state index in [2.05, 4.69) is 9.97 Å². The van der Waals surface area contributed by atoms with Gasteiger partial charge in [0.15, 0.2) is 0 Å². The SMILES string of the molecule is Cc1cc(-c2ccc(N)c(C)c2)ncn1. The monoisotopic (exact) mass is 199 g/mol. The fourth-order valence-electron chi connectivity index (χ4n) is 1.45. The van der Waals surface area contributed by atoms with Gasteiger partial charge in [-0.25, -0.2) is 9.97 Å². The molecule has 1 aromatic carbocycles. The maximum Gasteiger partial charge on any atom is 0.116 e. The third-order valence-corrected chi connectivity index (χ3v) is 2.37. The highest BCUT2D eigenvalue weighted by molar-refractivity contribution is 5.64. The molecule has 0 spiro atoms. The molecule has 0 saturated heterocycles. The van der Waals surface area contributed by atoms with Crippen molar-refractivity contribution in [2.24, 2.45) is 0 Å². The highest BCUT2D eigenvalue weighted by Gasteiger charge is 2.01. The first-order valence-corrected chi connectivity index (χ1v) is 4.82. The summed E-state index contributed by atoms with van der Waals surface area (Å²) in [5.41, 5.74) is 10.6. The first-order chi connectivity index (χ1) is 7.16. The summed E-state index contributed by atoms with van der Waals surface area (Å²) in [4.78, 5) is 8.30. The van der Waals surface area contributed by atoms with Crippen LogP contribution in [-0.4, -0.2) is 9.97 Å².